The molecule has 1 aromatic heterocycles. The molecule has 0 amide bonds. The standard InChI is InChI=1S/C15H25NO3S/c1-2-20-15-6-5-12(8-15)16-9-13(17)10-18-11-14-4-3-7-19-14/h3-4,7,12-13,15-17H,2,5-6,8-11H2,1H3. The van der Waals surface area contributed by atoms with E-state index in [2.05, 4.69) is 24.0 Å². The van der Waals surface area contributed by atoms with Crippen LogP contribution in [-0.4, -0.2) is 41.4 Å². The van der Waals surface area contributed by atoms with Gasteiger partial charge in [0.25, 0.3) is 0 Å². The Morgan fingerprint density at radius 2 is 2.45 bits per heavy atom. The summed E-state index contributed by atoms with van der Waals surface area (Å²) in [7, 11) is 0. The van der Waals surface area contributed by atoms with Crippen LogP contribution in [0.5, 0.6) is 0 Å². The van der Waals surface area contributed by atoms with E-state index in [0.29, 0.717) is 25.8 Å². The van der Waals surface area contributed by atoms with Crippen LogP contribution in [0.15, 0.2) is 22.8 Å². The third-order valence-electron chi connectivity index (χ3n) is 3.56. The third-order valence-corrected chi connectivity index (χ3v) is 4.80. The zero-order valence-corrected chi connectivity index (χ0v) is 12.9. The highest BCUT2D eigenvalue weighted by Crippen LogP contribution is 2.29. The topological polar surface area (TPSA) is 54.6 Å². The molecule has 1 saturated carbocycles. The molecule has 1 fully saturated rings. The Hall–Kier alpha value is -0.490. The molecular weight excluding hydrogens is 274 g/mol. The Balaban J connectivity index is 1.53. The van der Waals surface area contributed by atoms with Gasteiger partial charge in [-0.3, -0.25) is 0 Å². The fourth-order valence-electron chi connectivity index (χ4n) is 2.56. The first-order chi connectivity index (χ1) is 9.78. The van der Waals surface area contributed by atoms with Crippen LogP contribution in [0.2, 0.25) is 0 Å². The van der Waals surface area contributed by atoms with E-state index >= 15 is 0 Å². The highest BCUT2D eigenvalue weighted by atomic mass is 32.2. The molecule has 1 heterocycles. The summed E-state index contributed by atoms with van der Waals surface area (Å²) in [5, 5.41) is 14.1. The summed E-state index contributed by atoms with van der Waals surface area (Å²) in [6, 6.07) is 4.26. The number of nitrogens with one attached hydrogen (secondary N) is 1. The second kappa shape index (κ2) is 8.72. The van der Waals surface area contributed by atoms with E-state index in [1.165, 1.54) is 25.0 Å². The number of hydrogen-bond donors (Lipinski definition) is 2. The third kappa shape index (κ3) is 5.48. The molecule has 3 atom stereocenters. The molecule has 0 radical (unpaired) electrons. The van der Waals surface area contributed by atoms with Gasteiger partial charge in [-0.15, -0.1) is 0 Å². The molecule has 0 spiro atoms. The van der Waals surface area contributed by atoms with Crippen molar-refractivity contribution in [2.45, 2.75) is 50.2 Å². The van der Waals surface area contributed by atoms with Gasteiger partial charge in [0.05, 0.1) is 19.0 Å². The SMILES string of the molecule is CCSC1CCC(NCC(O)COCc2ccco2)C1. The Kier molecular flexibility index (Phi) is 6.93. The van der Waals surface area contributed by atoms with Gasteiger partial charge in [0.15, 0.2) is 0 Å². The Morgan fingerprint density at radius 1 is 1.55 bits per heavy atom. The van der Waals surface area contributed by atoms with Crippen molar-refractivity contribution in [2.24, 2.45) is 0 Å². The number of furan rings is 1. The van der Waals surface area contributed by atoms with Crippen LogP contribution in [0, 0.1) is 0 Å². The van der Waals surface area contributed by atoms with Crippen molar-refractivity contribution in [1.29, 1.82) is 0 Å². The highest BCUT2D eigenvalue weighted by molar-refractivity contribution is 7.99. The van der Waals surface area contributed by atoms with Gasteiger partial charge in [0.2, 0.25) is 0 Å². The summed E-state index contributed by atoms with van der Waals surface area (Å²) in [6.45, 7) is 3.58. The Morgan fingerprint density at radius 3 is 3.20 bits per heavy atom. The molecule has 5 heteroatoms. The first kappa shape index (κ1) is 15.9. The van der Waals surface area contributed by atoms with Gasteiger partial charge >= 0.3 is 0 Å². The average Bonchev–Trinajstić information content (AvgIpc) is 3.08. The summed E-state index contributed by atoms with van der Waals surface area (Å²) in [4.78, 5) is 0. The number of hydrogen-bond acceptors (Lipinski definition) is 5. The summed E-state index contributed by atoms with van der Waals surface area (Å²) in [5.41, 5.74) is 0. The normalized spacial score (nSPS) is 24.1. The van der Waals surface area contributed by atoms with E-state index in [0.717, 1.165) is 11.0 Å². The lowest BCUT2D eigenvalue weighted by Gasteiger charge is -2.16. The largest absolute Gasteiger partial charge is 0.467 e. The van der Waals surface area contributed by atoms with E-state index in [-0.39, 0.29) is 0 Å². The van der Waals surface area contributed by atoms with Gasteiger partial charge in [-0.25, -0.2) is 0 Å². The molecule has 20 heavy (non-hydrogen) atoms. The highest BCUT2D eigenvalue weighted by Gasteiger charge is 2.24. The molecule has 0 aliphatic heterocycles. The second-order valence-corrected chi connectivity index (χ2v) is 6.82. The smallest absolute Gasteiger partial charge is 0.129 e. The van der Waals surface area contributed by atoms with Crippen molar-refractivity contribution in [3.63, 3.8) is 0 Å². The quantitative estimate of drug-likeness (QED) is 0.733. The van der Waals surface area contributed by atoms with Gasteiger partial charge in [-0.2, -0.15) is 11.8 Å². The molecule has 2 N–H and O–H groups in total. The number of aliphatic hydroxyl groups excluding tert-OH is 1. The molecule has 1 aliphatic carbocycles. The maximum absolute atomic E-state index is 9.88. The molecule has 114 valence electrons. The van der Waals surface area contributed by atoms with Crippen molar-refractivity contribution in [2.75, 3.05) is 18.9 Å². The van der Waals surface area contributed by atoms with Crippen LogP contribution >= 0.6 is 11.8 Å². The Labute approximate surface area is 125 Å². The van der Waals surface area contributed by atoms with Crippen LogP contribution in [0.25, 0.3) is 0 Å². The van der Waals surface area contributed by atoms with Gasteiger partial charge < -0.3 is 19.6 Å². The molecule has 0 aromatic carbocycles. The fourth-order valence-corrected chi connectivity index (χ4v) is 3.71. The van der Waals surface area contributed by atoms with Gasteiger partial charge in [0, 0.05) is 17.8 Å². The number of aliphatic hydroxyl groups is 1. The van der Waals surface area contributed by atoms with Crippen molar-refractivity contribution in [1.82, 2.24) is 5.32 Å². The van der Waals surface area contributed by atoms with E-state index in [9.17, 15) is 5.11 Å². The summed E-state index contributed by atoms with van der Waals surface area (Å²) in [6.07, 6.45) is 4.90. The lowest BCUT2D eigenvalue weighted by Crippen LogP contribution is -2.36. The van der Waals surface area contributed by atoms with Crippen LogP contribution < -0.4 is 5.32 Å². The molecule has 1 aromatic rings. The zero-order valence-electron chi connectivity index (χ0n) is 12.1. The van der Waals surface area contributed by atoms with E-state index in [1.807, 2.05) is 12.1 Å². The molecule has 2 rings (SSSR count). The minimum absolute atomic E-state index is 0.341. The number of thioether (sulfide) groups is 1. The maximum Gasteiger partial charge on any atom is 0.129 e. The van der Waals surface area contributed by atoms with Gasteiger partial charge in [0.1, 0.15) is 12.4 Å². The van der Waals surface area contributed by atoms with Crippen molar-refractivity contribution in [3.8, 4) is 0 Å². The summed E-state index contributed by atoms with van der Waals surface area (Å²) >= 11 is 2.05. The van der Waals surface area contributed by atoms with Crippen LogP contribution in [-0.2, 0) is 11.3 Å². The minimum Gasteiger partial charge on any atom is -0.467 e. The lowest BCUT2D eigenvalue weighted by atomic mass is 10.2. The fraction of sp³-hybridized carbons (Fsp3) is 0.733. The molecule has 0 bridgehead atoms. The minimum atomic E-state index is -0.456. The van der Waals surface area contributed by atoms with E-state index < -0.39 is 6.10 Å². The predicted octanol–water partition coefficient (Wildman–Crippen LogP) is 2.42. The molecular formula is C15H25NO3S. The summed E-state index contributed by atoms with van der Waals surface area (Å²) in [5.74, 6) is 1.99. The molecule has 1 aliphatic rings. The maximum atomic E-state index is 9.88. The molecule has 4 nitrogen and oxygen atoms in total. The number of ether oxygens (including phenoxy) is 1. The van der Waals surface area contributed by atoms with Gasteiger partial charge in [-0.05, 0) is 37.1 Å². The summed E-state index contributed by atoms with van der Waals surface area (Å²) < 4.78 is 10.6. The average molecular weight is 299 g/mol. The predicted molar refractivity (Wildman–Crippen MR) is 81.9 cm³/mol. The van der Waals surface area contributed by atoms with Crippen molar-refractivity contribution >= 4 is 11.8 Å². The van der Waals surface area contributed by atoms with Crippen LogP contribution in [0.3, 0.4) is 0 Å². The first-order valence-electron chi connectivity index (χ1n) is 7.41. The van der Waals surface area contributed by atoms with E-state index in [1.54, 1.807) is 6.26 Å². The van der Waals surface area contributed by atoms with Crippen LogP contribution in [0.1, 0.15) is 31.9 Å². The second-order valence-electron chi connectivity index (χ2n) is 5.24. The zero-order chi connectivity index (χ0) is 14.2. The van der Waals surface area contributed by atoms with E-state index in [4.69, 9.17) is 9.15 Å². The molecule has 3 unspecified atom stereocenters. The molecule has 0 saturated heterocycles. The lowest BCUT2D eigenvalue weighted by molar-refractivity contribution is 0.0216. The van der Waals surface area contributed by atoms with Crippen molar-refractivity contribution in [3.05, 3.63) is 24.2 Å². The first-order valence-corrected chi connectivity index (χ1v) is 8.46. The van der Waals surface area contributed by atoms with Crippen LogP contribution in [0.4, 0.5) is 0 Å². The Bertz CT molecular complexity index is 358. The van der Waals surface area contributed by atoms with Crippen molar-refractivity contribution < 1.29 is 14.3 Å². The van der Waals surface area contributed by atoms with Gasteiger partial charge in [-0.1, -0.05) is 6.92 Å². The monoisotopic (exact) mass is 299 g/mol. The number of rotatable bonds is 9.